The molecule has 8 nitrogen and oxygen atoms in total. The lowest BCUT2D eigenvalue weighted by Crippen LogP contribution is -2.54. The predicted octanol–water partition coefficient (Wildman–Crippen LogP) is 0.680. The van der Waals surface area contributed by atoms with E-state index in [4.69, 9.17) is 14.2 Å². The second-order valence-electron chi connectivity index (χ2n) is 6.91. The number of carbonyl (C=O) groups excluding carboxylic acids is 2. The highest BCUT2D eigenvalue weighted by Gasteiger charge is 2.37. The Morgan fingerprint density at radius 3 is 2.56 bits per heavy atom. The van der Waals surface area contributed by atoms with Crippen LogP contribution in [0.5, 0.6) is 11.5 Å². The zero-order valence-corrected chi connectivity index (χ0v) is 15.6. The summed E-state index contributed by atoms with van der Waals surface area (Å²) in [6.45, 7) is -0.161. The molecule has 3 N–H and O–H groups in total. The number of methoxy groups -OCH3 is 2. The summed E-state index contributed by atoms with van der Waals surface area (Å²) in [6, 6.07) is 4.62. The number of aliphatic hydroxyl groups is 1. The SMILES string of the molecule is COc1ccc([C@H]2NC(=O)CO[C@@H]2C(=O)NC2CCC(O)CC2)cc1OC. The van der Waals surface area contributed by atoms with Crippen molar-refractivity contribution >= 4 is 11.8 Å². The molecule has 1 aliphatic carbocycles. The fourth-order valence-electron chi connectivity index (χ4n) is 3.59. The van der Waals surface area contributed by atoms with Gasteiger partial charge in [0, 0.05) is 6.04 Å². The normalized spacial score (nSPS) is 28.2. The van der Waals surface area contributed by atoms with Crippen molar-refractivity contribution in [1.82, 2.24) is 10.6 Å². The van der Waals surface area contributed by atoms with Gasteiger partial charge in [0.2, 0.25) is 5.91 Å². The van der Waals surface area contributed by atoms with Gasteiger partial charge in [-0.15, -0.1) is 0 Å². The Bertz CT molecular complexity index is 687. The van der Waals surface area contributed by atoms with Crippen LogP contribution in [0.25, 0.3) is 0 Å². The van der Waals surface area contributed by atoms with Gasteiger partial charge in [-0.1, -0.05) is 6.07 Å². The van der Waals surface area contributed by atoms with E-state index in [1.807, 2.05) is 0 Å². The first-order valence-corrected chi connectivity index (χ1v) is 9.13. The quantitative estimate of drug-likeness (QED) is 0.696. The molecule has 1 aromatic rings. The number of benzene rings is 1. The maximum absolute atomic E-state index is 12.8. The van der Waals surface area contributed by atoms with Crippen LogP contribution in [-0.4, -0.2) is 56.0 Å². The molecular formula is C19H26N2O6. The van der Waals surface area contributed by atoms with Crippen molar-refractivity contribution in [1.29, 1.82) is 0 Å². The van der Waals surface area contributed by atoms with E-state index in [0.29, 0.717) is 29.9 Å². The summed E-state index contributed by atoms with van der Waals surface area (Å²) < 4.78 is 16.1. The second-order valence-corrected chi connectivity index (χ2v) is 6.91. The summed E-state index contributed by atoms with van der Waals surface area (Å²) >= 11 is 0. The Morgan fingerprint density at radius 2 is 1.89 bits per heavy atom. The molecule has 1 saturated heterocycles. The van der Waals surface area contributed by atoms with Gasteiger partial charge >= 0.3 is 0 Å². The van der Waals surface area contributed by atoms with E-state index in [9.17, 15) is 14.7 Å². The highest BCUT2D eigenvalue weighted by Crippen LogP contribution is 2.32. The smallest absolute Gasteiger partial charge is 0.251 e. The lowest BCUT2D eigenvalue weighted by molar-refractivity contribution is -0.148. The van der Waals surface area contributed by atoms with Crippen LogP contribution in [0.15, 0.2) is 18.2 Å². The number of morpholine rings is 1. The molecule has 0 aromatic heterocycles. The Kier molecular flexibility index (Phi) is 6.18. The van der Waals surface area contributed by atoms with Gasteiger partial charge in [-0.25, -0.2) is 0 Å². The number of aliphatic hydroxyl groups excluding tert-OH is 1. The van der Waals surface area contributed by atoms with Crippen molar-refractivity contribution in [2.75, 3.05) is 20.8 Å². The zero-order chi connectivity index (χ0) is 19.4. The second kappa shape index (κ2) is 8.58. The molecule has 1 saturated carbocycles. The molecule has 0 bridgehead atoms. The van der Waals surface area contributed by atoms with Gasteiger partial charge in [-0.2, -0.15) is 0 Å². The van der Waals surface area contributed by atoms with E-state index in [1.54, 1.807) is 25.3 Å². The molecule has 0 spiro atoms. The van der Waals surface area contributed by atoms with Crippen LogP contribution in [-0.2, 0) is 14.3 Å². The molecule has 3 rings (SSSR count). The van der Waals surface area contributed by atoms with Gasteiger partial charge in [0.05, 0.1) is 26.4 Å². The van der Waals surface area contributed by atoms with E-state index in [0.717, 1.165) is 12.8 Å². The van der Waals surface area contributed by atoms with Crippen molar-refractivity contribution in [3.05, 3.63) is 23.8 Å². The zero-order valence-electron chi connectivity index (χ0n) is 15.6. The summed E-state index contributed by atoms with van der Waals surface area (Å²) in [5, 5.41) is 15.4. The molecular weight excluding hydrogens is 352 g/mol. The largest absolute Gasteiger partial charge is 0.493 e. The fraction of sp³-hybridized carbons (Fsp3) is 0.579. The van der Waals surface area contributed by atoms with Crippen LogP contribution in [0.3, 0.4) is 0 Å². The fourth-order valence-corrected chi connectivity index (χ4v) is 3.59. The lowest BCUT2D eigenvalue weighted by Gasteiger charge is -2.34. The molecule has 2 fully saturated rings. The molecule has 1 heterocycles. The van der Waals surface area contributed by atoms with E-state index in [2.05, 4.69) is 10.6 Å². The topological polar surface area (TPSA) is 106 Å². The van der Waals surface area contributed by atoms with Gasteiger partial charge in [0.25, 0.3) is 5.91 Å². The standard InChI is InChI=1S/C19H26N2O6/c1-25-14-8-3-11(9-15(14)26-2)17-18(27-10-16(23)21-17)19(24)20-12-4-6-13(22)7-5-12/h3,8-9,12-13,17-18,22H,4-7,10H2,1-2H3,(H,20,24)(H,21,23)/t12?,13?,17-,18+/m1/s1. The summed E-state index contributed by atoms with van der Waals surface area (Å²) in [7, 11) is 3.07. The molecule has 0 unspecified atom stereocenters. The maximum atomic E-state index is 12.8. The van der Waals surface area contributed by atoms with E-state index >= 15 is 0 Å². The van der Waals surface area contributed by atoms with Gasteiger partial charge < -0.3 is 30.0 Å². The van der Waals surface area contributed by atoms with E-state index in [1.165, 1.54) is 7.11 Å². The number of amides is 2. The molecule has 2 aliphatic rings. The Balaban J connectivity index is 1.76. The number of rotatable bonds is 5. The van der Waals surface area contributed by atoms with E-state index < -0.39 is 12.1 Å². The molecule has 0 radical (unpaired) electrons. The van der Waals surface area contributed by atoms with Crippen LogP contribution in [0.1, 0.15) is 37.3 Å². The summed E-state index contributed by atoms with van der Waals surface area (Å²) in [6.07, 6.45) is 1.68. The van der Waals surface area contributed by atoms with E-state index in [-0.39, 0.29) is 30.6 Å². The minimum atomic E-state index is -0.840. The Labute approximate surface area is 158 Å². The number of ether oxygens (including phenoxy) is 3. The molecule has 1 aromatic carbocycles. The third kappa shape index (κ3) is 4.51. The monoisotopic (exact) mass is 378 g/mol. The number of hydrogen-bond acceptors (Lipinski definition) is 6. The highest BCUT2D eigenvalue weighted by atomic mass is 16.5. The summed E-state index contributed by atoms with van der Waals surface area (Å²) in [5.74, 6) is 0.525. The van der Waals surface area contributed by atoms with Crippen LogP contribution in [0.2, 0.25) is 0 Å². The number of nitrogens with one attached hydrogen (secondary N) is 2. The average Bonchev–Trinajstić information content (AvgIpc) is 2.69. The van der Waals surface area contributed by atoms with Crippen LogP contribution in [0, 0.1) is 0 Å². The third-order valence-electron chi connectivity index (χ3n) is 5.08. The molecule has 2 amide bonds. The van der Waals surface area contributed by atoms with Gasteiger partial charge in [-0.3, -0.25) is 9.59 Å². The van der Waals surface area contributed by atoms with Crippen LogP contribution in [0.4, 0.5) is 0 Å². The molecule has 27 heavy (non-hydrogen) atoms. The Hall–Kier alpha value is -2.32. The first-order chi connectivity index (χ1) is 13.0. The van der Waals surface area contributed by atoms with Crippen molar-refractivity contribution in [3.63, 3.8) is 0 Å². The predicted molar refractivity (Wildman–Crippen MR) is 96.6 cm³/mol. The van der Waals surface area contributed by atoms with Crippen molar-refractivity contribution in [2.45, 2.75) is 50.0 Å². The molecule has 2 atom stereocenters. The average molecular weight is 378 g/mol. The number of hydrogen-bond donors (Lipinski definition) is 3. The minimum Gasteiger partial charge on any atom is -0.493 e. The summed E-state index contributed by atoms with van der Waals surface area (Å²) in [5.41, 5.74) is 0.694. The van der Waals surface area contributed by atoms with Crippen molar-refractivity contribution < 1.29 is 28.9 Å². The summed E-state index contributed by atoms with van der Waals surface area (Å²) in [4.78, 5) is 24.7. The third-order valence-corrected chi connectivity index (χ3v) is 5.08. The van der Waals surface area contributed by atoms with Gasteiger partial charge in [0.15, 0.2) is 17.6 Å². The lowest BCUT2D eigenvalue weighted by atomic mass is 9.92. The Morgan fingerprint density at radius 1 is 1.19 bits per heavy atom. The maximum Gasteiger partial charge on any atom is 0.251 e. The van der Waals surface area contributed by atoms with Crippen molar-refractivity contribution in [2.24, 2.45) is 0 Å². The first-order valence-electron chi connectivity index (χ1n) is 9.13. The van der Waals surface area contributed by atoms with Crippen LogP contribution < -0.4 is 20.1 Å². The minimum absolute atomic E-state index is 0.00758. The van der Waals surface area contributed by atoms with Crippen LogP contribution >= 0.6 is 0 Å². The molecule has 1 aliphatic heterocycles. The first kappa shape index (κ1) is 19.4. The number of carbonyl (C=O) groups is 2. The highest BCUT2D eigenvalue weighted by molar-refractivity contribution is 5.86. The molecule has 8 heteroatoms. The van der Waals surface area contributed by atoms with Gasteiger partial charge in [0.1, 0.15) is 6.61 Å². The molecule has 148 valence electrons. The van der Waals surface area contributed by atoms with Crippen molar-refractivity contribution in [3.8, 4) is 11.5 Å². The van der Waals surface area contributed by atoms with Gasteiger partial charge in [-0.05, 0) is 43.4 Å².